The molecule has 204 valence electrons. The van der Waals surface area contributed by atoms with Gasteiger partial charge in [-0.05, 0) is 31.5 Å². The van der Waals surface area contributed by atoms with Gasteiger partial charge in [-0.25, -0.2) is 0 Å². The molecular formula is C26H41F3N4O3. The monoisotopic (exact) mass is 514 g/mol. The number of alkyl halides is 3. The molecule has 1 atom stereocenters. The lowest BCUT2D eigenvalue weighted by Gasteiger charge is -2.13. The zero-order chi connectivity index (χ0) is 27.6. The van der Waals surface area contributed by atoms with E-state index in [2.05, 4.69) is 42.6 Å². The van der Waals surface area contributed by atoms with Crippen LogP contribution in [0.25, 0.3) is 11.4 Å². The standard InChI is InChI=1S/C18H21F3N2O2.C6H14.C2H6N2O/c1-4-6-7-12(3)17-22-16(23-25-17)13-8-9-15(24-10-5-2)14(11-13)18(19,20)21;1-3-5-6-4-2;1-2(3)4-5/h5,8-9,11-12H,2,4,6-7,10H2,1,3H3;3-6H2,1-2H3;5H,1H3,(H2,3,4)/t12-;;/m0../s1. The summed E-state index contributed by atoms with van der Waals surface area (Å²) in [6.07, 6.45) is 5.33. The highest BCUT2D eigenvalue weighted by atomic mass is 19.4. The van der Waals surface area contributed by atoms with Gasteiger partial charge in [-0.15, -0.1) is 0 Å². The van der Waals surface area contributed by atoms with Gasteiger partial charge in [0.25, 0.3) is 0 Å². The Morgan fingerprint density at radius 2 is 1.78 bits per heavy atom. The molecule has 0 radical (unpaired) electrons. The quantitative estimate of drug-likeness (QED) is 0.0787. The van der Waals surface area contributed by atoms with E-state index in [0.717, 1.165) is 25.3 Å². The van der Waals surface area contributed by atoms with E-state index in [1.807, 2.05) is 6.92 Å². The normalized spacial score (nSPS) is 12.1. The maximum Gasteiger partial charge on any atom is 0.419 e. The van der Waals surface area contributed by atoms with Crippen LogP contribution in [0.1, 0.15) is 96.9 Å². The third-order valence-corrected chi connectivity index (χ3v) is 4.87. The number of oxime groups is 1. The van der Waals surface area contributed by atoms with E-state index in [0.29, 0.717) is 5.89 Å². The summed E-state index contributed by atoms with van der Waals surface area (Å²) in [7, 11) is 0. The van der Waals surface area contributed by atoms with Crippen molar-refractivity contribution in [3.63, 3.8) is 0 Å². The van der Waals surface area contributed by atoms with Crippen LogP contribution in [0.5, 0.6) is 5.75 Å². The Morgan fingerprint density at radius 3 is 2.25 bits per heavy atom. The van der Waals surface area contributed by atoms with Crippen LogP contribution in [-0.2, 0) is 6.18 Å². The average Bonchev–Trinajstić information content (AvgIpc) is 3.35. The van der Waals surface area contributed by atoms with Gasteiger partial charge in [0.1, 0.15) is 18.2 Å². The summed E-state index contributed by atoms with van der Waals surface area (Å²) in [6, 6.07) is 3.72. The predicted octanol–water partition coefficient (Wildman–Crippen LogP) is 7.95. The summed E-state index contributed by atoms with van der Waals surface area (Å²) in [4.78, 5) is 4.25. The molecule has 1 aromatic heterocycles. The predicted molar refractivity (Wildman–Crippen MR) is 137 cm³/mol. The fraction of sp³-hybridized carbons (Fsp3) is 0.577. The van der Waals surface area contributed by atoms with Crippen molar-refractivity contribution in [3.05, 3.63) is 42.3 Å². The largest absolute Gasteiger partial charge is 0.489 e. The molecule has 1 heterocycles. The van der Waals surface area contributed by atoms with Crippen molar-refractivity contribution in [1.82, 2.24) is 10.1 Å². The minimum absolute atomic E-state index is 0.0102. The number of hydrogen-bond acceptors (Lipinski definition) is 6. The van der Waals surface area contributed by atoms with Crippen molar-refractivity contribution in [2.45, 2.75) is 91.7 Å². The lowest BCUT2D eigenvalue weighted by Crippen LogP contribution is -2.09. The van der Waals surface area contributed by atoms with Crippen LogP contribution < -0.4 is 10.5 Å². The molecule has 0 saturated carbocycles. The highest BCUT2D eigenvalue weighted by Crippen LogP contribution is 2.38. The van der Waals surface area contributed by atoms with Gasteiger partial charge in [-0.1, -0.05) is 89.2 Å². The number of nitrogens with zero attached hydrogens (tertiary/aromatic N) is 3. The lowest BCUT2D eigenvalue weighted by molar-refractivity contribution is -0.138. The van der Waals surface area contributed by atoms with Crippen molar-refractivity contribution < 1.29 is 27.6 Å². The summed E-state index contributed by atoms with van der Waals surface area (Å²) in [5.74, 6) is 0.572. The number of unbranched alkanes of at least 4 members (excludes halogenated alkanes) is 4. The molecule has 7 nitrogen and oxygen atoms in total. The number of amidine groups is 1. The van der Waals surface area contributed by atoms with E-state index >= 15 is 0 Å². The second kappa shape index (κ2) is 18.3. The van der Waals surface area contributed by atoms with Gasteiger partial charge in [0, 0.05) is 11.5 Å². The SMILES string of the molecule is C/C(N)=N/O.C=CCOc1ccc(-c2noc([C@@H](C)CCCC)n2)cc1C(F)(F)F.CCCCCC. The van der Waals surface area contributed by atoms with Crippen molar-refractivity contribution in [3.8, 4) is 17.1 Å². The van der Waals surface area contributed by atoms with E-state index in [1.54, 1.807) is 0 Å². The Hall–Kier alpha value is -3.04. The number of benzene rings is 1. The van der Waals surface area contributed by atoms with E-state index in [4.69, 9.17) is 20.2 Å². The first-order valence-corrected chi connectivity index (χ1v) is 12.3. The smallest absolute Gasteiger partial charge is 0.419 e. The number of hydrogen-bond donors (Lipinski definition) is 2. The fourth-order valence-electron chi connectivity index (χ4n) is 2.85. The van der Waals surface area contributed by atoms with Crippen molar-refractivity contribution in [2.24, 2.45) is 10.9 Å². The number of nitrogens with two attached hydrogens (primary N) is 1. The molecule has 0 amide bonds. The highest BCUT2D eigenvalue weighted by molar-refractivity contribution is 5.76. The maximum absolute atomic E-state index is 13.3. The zero-order valence-electron chi connectivity index (χ0n) is 22.1. The molecule has 1 aromatic carbocycles. The fourth-order valence-corrected chi connectivity index (χ4v) is 2.85. The molecule has 2 rings (SSSR count). The molecule has 0 fully saturated rings. The van der Waals surface area contributed by atoms with E-state index in [1.165, 1.54) is 50.8 Å². The van der Waals surface area contributed by atoms with Crippen LogP contribution in [0.4, 0.5) is 13.2 Å². The van der Waals surface area contributed by atoms with Crippen LogP contribution in [0.15, 0.2) is 40.5 Å². The number of halogens is 3. The lowest BCUT2D eigenvalue weighted by atomic mass is 10.0. The topological polar surface area (TPSA) is 107 Å². The number of aromatic nitrogens is 2. The summed E-state index contributed by atoms with van der Waals surface area (Å²) >= 11 is 0. The molecule has 0 saturated heterocycles. The van der Waals surface area contributed by atoms with Gasteiger partial charge in [0.2, 0.25) is 11.7 Å². The van der Waals surface area contributed by atoms with Crippen LogP contribution in [-0.4, -0.2) is 27.8 Å². The van der Waals surface area contributed by atoms with Crippen molar-refractivity contribution >= 4 is 5.84 Å². The van der Waals surface area contributed by atoms with Crippen LogP contribution in [0, 0.1) is 0 Å². The minimum Gasteiger partial charge on any atom is -0.489 e. The Bertz CT molecular complexity index is 891. The second-order valence-corrected chi connectivity index (χ2v) is 8.26. The Labute approximate surface area is 212 Å². The van der Waals surface area contributed by atoms with Crippen LogP contribution in [0.3, 0.4) is 0 Å². The molecule has 0 unspecified atom stereocenters. The molecule has 0 aliphatic carbocycles. The first-order chi connectivity index (χ1) is 17.0. The number of rotatable bonds is 11. The molecule has 2 aromatic rings. The van der Waals surface area contributed by atoms with Gasteiger partial charge in [0.15, 0.2) is 0 Å². The van der Waals surface area contributed by atoms with Gasteiger partial charge in [0.05, 0.1) is 5.56 Å². The average molecular weight is 515 g/mol. The summed E-state index contributed by atoms with van der Waals surface area (Å²) in [5, 5.41) is 14.0. The third kappa shape index (κ3) is 13.2. The molecular weight excluding hydrogens is 473 g/mol. The van der Waals surface area contributed by atoms with E-state index in [-0.39, 0.29) is 35.5 Å². The van der Waals surface area contributed by atoms with Crippen LogP contribution in [0.2, 0.25) is 0 Å². The van der Waals surface area contributed by atoms with E-state index < -0.39 is 11.7 Å². The van der Waals surface area contributed by atoms with Gasteiger partial charge in [-0.3, -0.25) is 0 Å². The first-order valence-electron chi connectivity index (χ1n) is 12.3. The highest BCUT2D eigenvalue weighted by Gasteiger charge is 2.35. The molecule has 0 aliphatic rings. The molecule has 36 heavy (non-hydrogen) atoms. The zero-order valence-corrected chi connectivity index (χ0v) is 22.1. The Kier molecular flexibility index (Phi) is 16.7. The first kappa shape index (κ1) is 33.0. The third-order valence-electron chi connectivity index (χ3n) is 4.87. The Balaban J connectivity index is 0.000000931. The molecule has 0 bridgehead atoms. The molecule has 0 aliphatic heterocycles. The summed E-state index contributed by atoms with van der Waals surface area (Å²) < 4.78 is 50.1. The summed E-state index contributed by atoms with van der Waals surface area (Å²) in [6.45, 7) is 13.4. The molecule has 0 spiro atoms. The minimum atomic E-state index is -4.55. The van der Waals surface area contributed by atoms with Gasteiger partial charge >= 0.3 is 6.18 Å². The van der Waals surface area contributed by atoms with E-state index in [9.17, 15) is 13.2 Å². The Morgan fingerprint density at radius 1 is 1.19 bits per heavy atom. The van der Waals surface area contributed by atoms with Crippen LogP contribution >= 0.6 is 0 Å². The van der Waals surface area contributed by atoms with Crippen molar-refractivity contribution in [2.75, 3.05) is 6.61 Å². The maximum atomic E-state index is 13.3. The second-order valence-electron chi connectivity index (χ2n) is 8.26. The number of ether oxygens (including phenoxy) is 1. The molecule has 3 N–H and O–H groups in total. The summed E-state index contributed by atoms with van der Waals surface area (Å²) in [5.41, 5.74) is 4.15. The van der Waals surface area contributed by atoms with Gasteiger partial charge < -0.3 is 20.2 Å². The molecule has 10 heteroatoms. The van der Waals surface area contributed by atoms with Gasteiger partial charge in [-0.2, -0.15) is 18.2 Å². The van der Waals surface area contributed by atoms with Crippen molar-refractivity contribution in [1.29, 1.82) is 0 Å².